The van der Waals surface area contributed by atoms with E-state index in [1.165, 1.54) is 12.1 Å². The summed E-state index contributed by atoms with van der Waals surface area (Å²) in [7, 11) is -3.44. The Balaban J connectivity index is 1.45. The number of carbonyl (C=O) groups excluding carboxylic acids is 1. The van der Waals surface area contributed by atoms with E-state index in [9.17, 15) is 17.6 Å². The van der Waals surface area contributed by atoms with Gasteiger partial charge in [0.25, 0.3) is 0 Å². The van der Waals surface area contributed by atoms with Gasteiger partial charge in [-0.25, -0.2) is 17.6 Å². The van der Waals surface area contributed by atoms with Gasteiger partial charge in [-0.3, -0.25) is 4.90 Å². The summed E-state index contributed by atoms with van der Waals surface area (Å²) >= 11 is 0. The van der Waals surface area contributed by atoms with Crippen LogP contribution in [0.2, 0.25) is 0 Å². The zero-order valence-corrected chi connectivity index (χ0v) is 21.2. The van der Waals surface area contributed by atoms with Crippen LogP contribution < -0.4 is 4.74 Å². The van der Waals surface area contributed by atoms with Crippen LogP contribution >= 0.6 is 0 Å². The minimum atomic E-state index is -3.44. The van der Waals surface area contributed by atoms with E-state index in [2.05, 4.69) is 11.8 Å². The highest BCUT2D eigenvalue weighted by Crippen LogP contribution is 2.30. The first-order valence-corrected chi connectivity index (χ1v) is 13.6. The number of halogens is 1. The van der Waals surface area contributed by atoms with Gasteiger partial charge in [-0.1, -0.05) is 0 Å². The highest BCUT2D eigenvalue weighted by Gasteiger charge is 2.34. The summed E-state index contributed by atoms with van der Waals surface area (Å²) < 4.78 is 48.5. The van der Waals surface area contributed by atoms with E-state index in [1.807, 2.05) is 25.7 Å². The number of hydrogen-bond donors (Lipinski definition) is 0. The molecule has 33 heavy (non-hydrogen) atoms. The summed E-state index contributed by atoms with van der Waals surface area (Å²) in [6, 6.07) is 4.37. The van der Waals surface area contributed by atoms with Crippen LogP contribution in [-0.2, 0) is 14.6 Å². The highest BCUT2D eigenvalue weighted by atomic mass is 32.2. The topological polar surface area (TPSA) is 76.2 Å². The van der Waals surface area contributed by atoms with Crippen molar-refractivity contribution < 1.29 is 27.1 Å². The van der Waals surface area contributed by atoms with Crippen molar-refractivity contribution >= 4 is 15.9 Å². The Hall–Kier alpha value is -1.87. The molecule has 1 aliphatic heterocycles. The number of rotatable bonds is 5. The Labute approximate surface area is 197 Å². The third-order valence-corrected chi connectivity index (χ3v) is 7.54. The van der Waals surface area contributed by atoms with Crippen LogP contribution in [0.1, 0.15) is 53.4 Å². The molecule has 186 valence electrons. The van der Waals surface area contributed by atoms with Crippen LogP contribution in [0.15, 0.2) is 23.1 Å². The lowest BCUT2D eigenvalue weighted by Crippen LogP contribution is -2.57. The lowest BCUT2D eigenvalue weighted by Gasteiger charge is -2.45. The molecule has 7 nitrogen and oxygen atoms in total. The van der Waals surface area contributed by atoms with Gasteiger partial charge in [-0.05, 0) is 77.5 Å². The van der Waals surface area contributed by atoms with Gasteiger partial charge in [0, 0.05) is 38.0 Å². The van der Waals surface area contributed by atoms with Gasteiger partial charge in [0.2, 0.25) is 0 Å². The van der Waals surface area contributed by atoms with Crippen molar-refractivity contribution in [2.24, 2.45) is 5.92 Å². The predicted octanol–water partition coefficient (Wildman–Crippen LogP) is 4.11. The first-order chi connectivity index (χ1) is 15.3. The molecule has 0 N–H and O–H groups in total. The molecule has 1 atom stereocenters. The number of ether oxygens (including phenoxy) is 2. The Bertz CT molecular complexity index is 939. The Morgan fingerprint density at radius 1 is 1.15 bits per heavy atom. The summed E-state index contributed by atoms with van der Waals surface area (Å²) in [5.41, 5.74) is -0.493. The SMILES string of the molecule is C[C@H]1CN(C2CCC(COc3ccc(S(C)(=O)=O)cc3F)CC2)CCN1C(=O)OC(C)(C)C. The van der Waals surface area contributed by atoms with Crippen LogP contribution in [-0.4, -0.2) is 74.5 Å². The molecule has 1 aliphatic carbocycles. The molecule has 1 aromatic rings. The van der Waals surface area contributed by atoms with Crippen molar-refractivity contribution in [3.8, 4) is 5.75 Å². The van der Waals surface area contributed by atoms with Gasteiger partial charge in [-0.15, -0.1) is 0 Å². The van der Waals surface area contributed by atoms with E-state index >= 15 is 0 Å². The quantitative estimate of drug-likeness (QED) is 0.626. The molecule has 1 aromatic carbocycles. The summed E-state index contributed by atoms with van der Waals surface area (Å²) in [6.07, 6.45) is 4.89. The second kappa shape index (κ2) is 10.2. The van der Waals surface area contributed by atoms with E-state index < -0.39 is 21.3 Å². The Morgan fingerprint density at radius 2 is 1.82 bits per heavy atom. The van der Waals surface area contributed by atoms with Gasteiger partial charge >= 0.3 is 6.09 Å². The molecule has 2 fully saturated rings. The second-order valence-corrected chi connectivity index (χ2v) is 12.4. The second-order valence-electron chi connectivity index (χ2n) is 10.4. The van der Waals surface area contributed by atoms with Crippen molar-refractivity contribution in [2.45, 2.75) is 76.0 Å². The summed E-state index contributed by atoms with van der Waals surface area (Å²) in [4.78, 5) is 16.7. The monoisotopic (exact) mass is 484 g/mol. The van der Waals surface area contributed by atoms with Crippen LogP contribution in [0.5, 0.6) is 5.75 Å². The molecule has 0 spiro atoms. The molecule has 0 aromatic heterocycles. The third kappa shape index (κ3) is 7.06. The number of sulfone groups is 1. The molecule has 0 unspecified atom stereocenters. The van der Waals surface area contributed by atoms with E-state index in [0.717, 1.165) is 51.1 Å². The highest BCUT2D eigenvalue weighted by molar-refractivity contribution is 7.90. The van der Waals surface area contributed by atoms with Crippen molar-refractivity contribution in [3.63, 3.8) is 0 Å². The van der Waals surface area contributed by atoms with Crippen LogP contribution in [0.4, 0.5) is 9.18 Å². The maximum atomic E-state index is 14.2. The average Bonchev–Trinajstić information content (AvgIpc) is 2.71. The molecule has 0 bridgehead atoms. The van der Waals surface area contributed by atoms with Crippen molar-refractivity contribution in [3.05, 3.63) is 24.0 Å². The minimum absolute atomic E-state index is 0.0474. The summed E-state index contributed by atoms with van der Waals surface area (Å²) in [5.74, 6) is -0.212. The van der Waals surface area contributed by atoms with Gasteiger partial charge < -0.3 is 14.4 Å². The van der Waals surface area contributed by atoms with Gasteiger partial charge in [0.05, 0.1) is 11.5 Å². The van der Waals surface area contributed by atoms with Crippen molar-refractivity contribution in [2.75, 3.05) is 32.5 Å². The van der Waals surface area contributed by atoms with Gasteiger partial charge in [0.1, 0.15) is 5.60 Å². The fraction of sp³-hybridized carbons (Fsp3) is 0.708. The molecule has 9 heteroatoms. The number of hydrogen-bond acceptors (Lipinski definition) is 6. The molecule has 1 amide bonds. The smallest absolute Gasteiger partial charge is 0.410 e. The zero-order valence-electron chi connectivity index (χ0n) is 20.3. The van der Waals surface area contributed by atoms with E-state index in [0.29, 0.717) is 25.1 Å². The molecule has 1 heterocycles. The van der Waals surface area contributed by atoms with Crippen molar-refractivity contribution in [1.82, 2.24) is 9.80 Å². The maximum Gasteiger partial charge on any atom is 0.410 e. The first kappa shape index (κ1) is 25.7. The number of carbonyl (C=O) groups is 1. The van der Waals surface area contributed by atoms with Crippen molar-refractivity contribution in [1.29, 1.82) is 0 Å². The lowest BCUT2D eigenvalue weighted by molar-refractivity contribution is -0.00904. The fourth-order valence-electron chi connectivity index (χ4n) is 4.62. The standard InChI is InChI=1S/C24H37FN2O5S/c1-17-15-26(12-13-27(17)23(28)32-24(2,3)4)19-8-6-18(7-9-19)16-31-22-11-10-20(14-21(22)25)33(5,29)30/h10-11,14,17-19H,6-9,12-13,15-16H2,1-5H3/t17-,18?,19?/m0/s1. The fourth-order valence-corrected chi connectivity index (χ4v) is 5.26. The first-order valence-electron chi connectivity index (χ1n) is 11.7. The third-order valence-electron chi connectivity index (χ3n) is 6.43. The van der Waals surface area contributed by atoms with Gasteiger partial charge in [0.15, 0.2) is 21.4 Å². The maximum absolute atomic E-state index is 14.2. The average molecular weight is 485 g/mol. The zero-order chi connectivity index (χ0) is 24.4. The largest absolute Gasteiger partial charge is 0.490 e. The number of piperazine rings is 1. The molecular formula is C24H37FN2O5S. The van der Waals surface area contributed by atoms with Crippen LogP contribution in [0.25, 0.3) is 0 Å². The molecular weight excluding hydrogens is 447 g/mol. The number of benzene rings is 1. The lowest BCUT2D eigenvalue weighted by atomic mass is 9.85. The number of nitrogens with zero attached hydrogens (tertiary/aromatic N) is 2. The molecule has 2 aliphatic rings. The normalized spacial score (nSPS) is 25.0. The van der Waals surface area contributed by atoms with E-state index in [4.69, 9.17) is 9.47 Å². The minimum Gasteiger partial charge on any atom is -0.490 e. The Morgan fingerprint density at radius 3 is 2.36 bits per heavy atom. The van der Waals surface area contributed by atoms with E-state index in [1.54, 1.807) is 0 Å². The molecule has 1 saturated heterocycles. The Kier molecular flexibility index (Phi) is 7.94. The summed E-state index contributed by atoms with van der Waals surface area (Å²) in [5, 5.41) is 0. The van der Waals surface area contributed by atoms with E-state index in [-0.39, 0.29) is 22.8 Å². The van der Waals surface area contributed by atoms with Gasteiger partial charge in [-0.2, -0.15) is 0 Å². The predicted molar refractivity (Wildman–Crippen MR) is 125 cm³/mol. The molecule has 1 saturated carbocycles. The molecule has 0 radical (unpaired) electrons. The number of amides is 1. The molecule has 3 rings (SSSR count). The van der Waals surface area contributed by atoms with Crippen LogP contribution in [0, 0.1) is 11.7 Å². The summed E-state index contributed by atoms with van der Waals surface area (Å²) in [6.45, 7) is 10.5. The van der Waals surface area contributed by atoms with Crippen LogP contribution in [0.3, 0.4) is 0 Å².